The van der Waals surface area contributed by atoms with Gasteiger partial charge < -0.3 is 19.5 Å². The molecule has 1 rings (SSSR count). The van der Waals surface area contributed by atoms with Crippen molar-refractivity contribution in [1.29, 1.82) is 0 Å². The summed E-state index contributed by atoms with van der Waals surface area (Å²) in [4.78, 5) is 25.0. The van der Waals surface area contributed by atoms with Crippen molar-refractivity contribution in [2.75, 3.05) is 26.8 Å². The number of amides is 1. The molecule has 0 radical (unpaired) electrons. The van der Waals surface area contributed by atoms with E-state index in [0.29, 0.717) is 32.4 Å². The maximum atomic E-state index is 12.0. The Labute approximate surface area is 120 Å². The molecule has 0 saturated carbocycles. The van der Waals surface area contributed by atoms with Crippen molar-refractivity contribution in [2.45, 2.75) is 45.6 Å². The van der Waals surface area contributed by atoms with Crippen molar-refractivity contribution >= 4 is 12.1 Å². The predicted octanol–water partition coefficient (Wildman–Crippen LogP) is 2.12. The number of aliphatic carboxylic acids is 1. The van der Waals surface area contributed by atoms with Gasteiger partial charge in [-0.05, 0) is 40.0 Å². The number of carbonyl (C=O) groups is 2. The third-order valence-corrected chi connectivity index (χ3v) is 3.46. The van der Waals surface area contributed by atoms with Gasteiger partial charge in [-0.2, -0.15) is 0 Å². The summed E-state index contributed by atoms with van der Waals surface area (Å²) in [6.07, 6.45) is 1.21. The number of hydrogen-bond acceptors (Lipinski definition) is 4. The largest absolute Gasteiger partial charge is 0.481 e. The minimum atomic E-state index is -0.866. The van der Waals surface area contributed by atoms with E-state index in [0.717, 1.165) is 0 Å². The lowest BCUT2D eigenvalue weighted by Crippen LogP contribution is -2.39. The van der Waals surface area contributed by atoms with Crippen LogP contribution in [0.25, 0.3) is 0 Å². The highest BCUT2D eigenvalue weighted by atomic mass is 16.6. The van der Waals surface area contributed by atoms with Gasteiger partial charge in [0.2, 0.25) is 0 Å². The number of hydrogen-bond donors (Lipinski definition) is 1. The van der Waals surface area contributed by atoms with Gasteiger partial charge in [0.15, 0.2) is 0 Å². The van der Waals surface area contributed by atoms with E-state index in [1.165, 1.54) is 4.90 Å². The molecule has 0 aromatic rings. The van der Waals surface area contributed by atoms with Gasteiger partial charge in [-0.1, -0.05) is 0 Å². The third kappa shape index (κ3) is 4.37. The molecule has 6 nitrogen and oxygen atoms in total. The normalized spacial score (nSPS) is 22.9. The molecule has 1 N–H and O–H groups in total. The summed E-state index contributed by atoms with van der Waals surface area (Å²) in [6.45, 7) is 6.55. The maximum Gasteiger partial charge on any atom is 0.410 e. The van der Waals surface area contributed by atoms with E-state index in [1.54, 1.807) is 27.9 Å². The molecule has 0 spiro atoms. The standard InChI is InChI=1S/C14H25NO5/c1-13(2,3)20-12(18)15-8-7-14(10-15,11(16)17)6-5-9-19-4/h5-10H2,1-4H3,(H,16,17). The summed E-state index contributed by atoms with van der Waals surface area (Å²) >= 11 is 0. The highest BCUT2D eigenvalue weighted by molar-refractivity contribution is 5.78. The molecule has 0 aliphatic carbocycles. The van der Waals surface area contributed by atoms with Gasteiger partial charge in [-0.15, -0.1) is 0 Å². The van der Waals surface area contributed by atoms with Crippen LogP contribution in [0.1, 0.15) is 40.0 Å². The fraction of sp³-hybridized carbons (Fsp3) is 0.857. The van der Waals surface area contributed by atoms with E-state index in [9.17, 15) is 14.7 Å². The summed E-state index contributed by atoms with van der Waals surface area (Å²) in [5, 5.41) is 9.48. The van der Waals surface area contributed by atoms with Crippen LogP contribution in [0.5, 0.6) is 0 Å². The Morgan fingerprint density at radius 3 is 2.50 bits per heavy atom. The molecule has 1 fully saturated rings. The first-order valence-electron chi connectivity index (χ1n) is 6.90. The average molecular weight is 287 g/mol. The second kappa shape index (κ2) is 6.43. The van der Waals surface area contributed by atoms with Gasteiger partial charge in [0.1, 0.15) is 5.60 Å². The lowest BCUT2D eigenvalue weighted by molar-refractivity contribution is -0.148. The average Bonchev–Trinajstić information content (AvgIpc) is 2.73. The Hall–Kier alpha value is -1.30. The summed E-state index contributed by atoms with van der Waals surface area (Å²) in [5.41, 5.74) is -1.43. The Kier molecular flexibility index (Phi) is 5.39. The first-order chi connectivity index (χ1) is 9.20. The Morgan fingerprint density at radius 1 is 1.35 bits per heavy atom. The predicted molar refractivity (Wildman–Crippen MR) is 73.6 cm³/mol. The molecule has 0 aromatic carbocycles. The van der Waals surface area contributed by atoms with E-state index >= 15 is 0 Å². The minimum Gasteiger partial charge on any atom is -0.481 e. The Morgan fingerprint density at radius 2 is 2.00 bits per heavy atom. The first-order valence-corrected chi connectivity index (χ1v) is 6.90. The van der Waals surface area contributed by atoms with Crippen molar-refractivity contribution < 1.29 is 24.2 Å². The molecule has 1 heterocycles. The van der Waals surface area contributed by atoms with Crippen LogP contribution in [0.15, 0.2) is 0 Å². The number of likely N-dealkylation sites (tertiary alicyclic amines) is 1. The molecular formula is C14H25NO5. The number of carbonyl (C=O) groups excluding carboxylic acids is 1. The van der Waals surface area contributed by atoms with Gasteiger partial charge in [0.25, 0.3) is 0 Å². The summed E-state index contributed by atoms with van der Waals surface area (Å²) in [6, 6.07) is 0. The molecule has 1 saturated heterocycles. The maximum absolute atomic E-state index is 12.0. The zero-order valence-electron chi connectivity index (χ0n) is 12.8. The smallest absolute Gasteiger partial charge is 0.410 e. The molecule has 6 heteroatoms. The van der Waals surface area contributed by atoms with Gasteiger partial charge in [0.05, 0.1) is 5.41 Å². The molecular weight excluding hydrogens is 262 g/mol. The van der Waals surface area contributed by atoms with E-state index in [-0.39, 0.29) is 6.54 Å². The number of carboxylic acids is 1. The fourth-order valence-electron chi connectivity index (χ4n) is 2.40. The first kappa shape index (κ1) is 16.8. The second-order valence-corrected chi connectivity index (χ2v) is 6.33. The van der Waals surface area contributed by atoms with E-state index in [4.69, 9.17) is 9.47 Å². The molecule has 0 aromatic heterocycles. The number of nitrogens with zero attached hydrogens (tertiary/aromatic N) is 1. The topological polar surface area (TPSA) is 76.1 Å². The molecule has 20 heavy (non-hydrogen) atoms. The molecule has 1 amide bonds. The highest BCUT2D eigenvalue weighted by Gasteiger charge is 2.46. The highest BCUT2D eigenvalue weighted by Crippen LogP contribution is 2.36. The van der Waals surface area contributed by atoms with Crippen LogP contribution >= 0.6 is 0 Å². The van der Waals surface area contributed by atoms with Crippen LogP contribution in [-0.4, -0.2) is 54.5 Å². The fourth-order valence-corrected chi connectivity index (χ4v) is 2.40. The van der Waals surface area contributed by atoms with Crippen molar-refractivity contribution in [3.05, 3.63) is 0 Å². The molecule has 1 aliphatic heterocycles. The van der Waals surface area contributed by atoms with Gasteiger partial charge in [-0.3, -0.25) is 4.79 Å². The minimum absolute atomic E-state index is 0.209. The van der Waals surface area contributed by atoms with Crippen molar-refractivity contribution in [3.8, 4) is 0 Å². The third-order valence-electron chi connectivity index (χ3n) is 3.46. The summed E-state index contributed by atoms with van der Waals surface area (Å²) < 4.78 is 10.3. The van der Waals surface area contributed by atoms with Crippen molar-refractivity contribution in [2.24, 2.45) is 5.41 Å². The van der Waals surface area contributed by atoms with Gasteiger partial charge >= 0.3 is 12.1 Å². The van der Waals surface area contributed by atoms with Crippen LogP contribution < -0.4 is 0 Å². The zero-order chi connectivity index (χ0) is 15.4. The molecule has 1 unspecified atom stereocenters. The summed E-state index contributed by atoms with van der Waals surface area (Å²) in [5.74, 6) is -0.848. The summed E-state index contributed by atoms with van der Waals surface area (Å²) in [7, 11) is 1.59. The zero-order valence-corrected chi connectivity index (χ0v) is 12.8. The van der Waals surface area contributed by atoms with E-state index in [2.05, 4.69) is 0 Å². The van der Waals surface area contributed by atoms with Gasteiger partial charge in [-0.25, -0.2) is 4.79 Å². The Bertz CT molecular complexity index is 363. The van der Waals surface area contributed by atoms with Crippen molar-refractivity contribution in [1.82, 2.24) is 4.90 Å². The van der Waals surface area contributed by atoms with Crippen LogP contribution in [0, 0.1) is 5.41 Å². The quantitative estimate of drug-likeness (QED) is 0.784. The second-order valence-electron chi connectivity index (χ2n) is 6.33. The number of methoxy groups -OCH3 is 1. The lowest BCUT2D eigenvalue weighted by Gasteiger charge is -2.27. The Balaban J connectivity index is 2.65. The number of carboxylic acid groups (broad SMARTS) is 1. The van der Waals surface area contributed by atoms with Crippen LogP contribution in [0.3, 0.4) is 0 Å². The van der Waals surface area contributed by atoms with Crippen LogP contribution in [0.2, 0.25) is 0 Å². The van der Waals surface area contributed by atoms with Crippen LogP contribution in [0.4, 0.5) is 4.79 Å². The number of rotatable bonds is 5. The number of ether oxygens (including phenoxy) is 2. The molecule has 1 aliphatic rings. The van der Waals surface area contributed by atoms with E-state index < -0.39 is 23.1 Å². The molecule has 116 valence electrons. The lowest BCUT2D eigenvalue weighted by atomic mass is 9.82. The van der Waals surface area contributed by atoms with Gasteiger partial charge in [0, 0.05) is 26.8 Å². The SMILES string of the molecule is COCCCC1(C(=O)O)CCN(C(=O)OC(C)(C)C)C1. The van der Waals surface area contributed by atoms with Crippen molar-refractivity contribution in [3.63, 3.8) is 0 Å². The molecule has 0 bridgehead atoms. The van der Waals surface area contributed by atoms with E-state index in [1.807, 2.05) is 0 Å². The van der Waals surface area contributed by atoms with Crippen LogP contribution in [-0.2, 0) is 14.3 Å². The molecule has 1 atom stereocenters. The monoisotopic (exact) mass is 287 g/mol.